The van der Waals surface area contributed by atoms with Gasteiger partial charge < -0.3 is 15.1 Å². The van der Waals surface area contributed by atoms with Crippen LogP contribution in [-0.2, 0) is 4.79 Å². The van der Waals surface area contributed by atoms with Gasteiger partial charge in [0.1, 0.15) is 0 Å². The number of amides is 2. The molecule has 31 heavy (non-hydrogen) atoms. The summed E-state index contributed by atoms with van der Waals surface area (Å²) in [5.74, 6) is 0.870. The van der Waals surface area contributed by atoms with E-state index in [0.717, 1.165) is 56.3 Å². The molecule has 0 aliphatic carbocycles. The van der Waals surface area contributed by atoms with E-state index in [-0.39, 0.29) is 22.6 Å². The van der Waals surface area contributed by atoms with Crippen molar-refractivity contribution < 1.29 is 9.59 Å². The Bertz CT molecular complexity index is 1010. The van der Waals surface area contributed by atoms with Crippen LogP contribution in [0, 0.1) is 16.7 Å². The fourth-order valence-corrected chi connectivity index (χ4v) is 6.38. The highest BCUT2D eigenvalue weighted by atomic mass is 16.2. The van der Waals surface area contributed by atoms with Crippen molar-refractivity contribution in [2.45, 2.75) is 33.1 Å². The molecule has 0 radical (unpaired) electrons. The summed E-state index contributed by atoms with van der Waals surface area (Å²) in [5.41, 5.74) is 1.12. The Hall–Kier alpha value is -2.47. The first-order valence-electron chi connectivity index (χ1n) is 11.6. The molecule has 0 saturated carbocycles. The van der Waals surface area contributed by atoms with E-state index >= 15 is 0 Å². The standard InChI is InChI=1S/C25H32N4O2/c1-18(2)15-28-16-24(25(17-28)8-12-27-23(25)31)9-13-29(14-10-24)22(30)20-7-3-5-19-6-4-11-26-21(19)20/h3-7,11,18H,8-10,12-17H2,1-2H3,(H,27,31). The van der Waals surface area contributed by atoms with Crippen molar-refractivity contribution in [1.82, 2.24) is 20.1 Å². The molecule has 3 saturated heterocycles. The summed E-state index contributed by atoms with van der Waals surface area (Å²) in [6, 6.07) is 9.70. The van der Waals surface area contributed by atoms with Crippen LogP contribution < -0.4 is 5.32 Å². The summed E-state index contributed by atoms with van der Waals surface area (Å²) in [4.78, 5) is 35.4. The third kappa shape index (κ3) is 3.23. The molecule has 6 nitrogen and oxygen atoms in total. The Kier molecular flexibility index (Phi) is 5.00. The highest BCUT2D eigenvalue weighted by molar-refractivity contribution is 6.05. The number of nitrogens with one attached hydrogen (secondary N) is 1. The fraction of sp³-hybridized carbons (Fsp3) is 0.560. The van der Waals surface area contributed by atoms with Crippen LogP contribution in [-0.4, -0.2) is 65.9 Å². The maximum atomic E-state index is 13.4. The van der Waals surface area contributed by atoms with Crippen molar-refractivity contribution in [1.29, 1.82) is 0 Å². The average molecular weight is 421 g/mol. The molecule has 1 unspecified atom stereocenters. The van der Waals surface area contributed by atoms with Crippen molar-refractivity contribution in [3.8, 4) is 0 Å². The van der Waals surface area contributed by atoms with Gasteiger partial charge in [0, 0.05) is 56.3 Å². The topological polar surface area (TPSA) is 65.5 Å². The van der Waals surface area contributed by atoms with Gasteiger partial charge in [-0.05, 0) is 37.3 Å². The molecule has 1 atom stereocenters. The van der Waals surface area contributed by atoms with Gasteiger partial charge in [-0.15, -0.1) is 0 Å². The zero-order valence-electron chi connectivity index (χ0n) is 18.6. The monoisotopic (exact) mass is 420 g/mol. The maximum Gasteiger partial charge on any atom is 0.256 e. The first kappa shape index (κ1) is 20.4. The first-order chi connectivity index (χ1) is 14.9. The van der Waals surface area contributed by atoms with Crippen LogP contribution in [0.25, 0.3) is 10.9 Å². The predicted molar refractivity (Wildman–Crippen MR) is 121 cm³/mol. The quantitative estimate of drug-likeness (QED) is 0.829. The highest BCUT2D eigenvalue weighted by Gasteiger charge is 2.63. The van der Waals surface area contributed by atoms with Crippen LogP contribution in [0.2, 0.25) is 0 Å². The molecule has 0 bridgehead atoms. The first-order valence-corrected chi connectivity index (χ1v) is 11.6. The Morgan fingerprint density at radius 3 is 2.61 bits per heavy atom. The number of carbonyl (C=O) groups is 2. The van der Waals surface area contributed by atoms with Gasteiger partial charge in [0.15, 0.2) is 0 Å². The number of aromatic nitrogens is 1. The molecular formula is C25H32N4O2. The van der Waals surface area contributed by atoms with Gasteiger partial charge in [-0.2, -0.15) is 0 Å². The number of benzene rings is 1. The summed E-state index contributed by atoms with van der Waals surface area (Å²) < 4.78 is 0. The van der Waals surface area contributed by atoms with Gasteiger partial charge in [-0.25, -0.2) is 0 Å². The van der Waals surface area contributed by atoms with E-state index < -0.39 is 0 Å². The number of likely N-dealkylation sites (tertiary alicyclic amines) is 2. The molecule has 2 aromatic rings. The van der Waals surface area contributed by atoms with Gasteiger partial charge in [0.2, 0.25) is 5.91 Å². The van der Waals surface area contributed by atoms with Gasteiger partial charge in [0.25, 0.3) is 5.91 Å². The molecule has 1 aromatic carbocycles. The average Bonchev–Trinajstić information content (AvgIpc) is 3.27. The minimum atomic E-state index is -0.294. The molecule has 2 spiro atoms. The van der Waals surface area contributed by atoms with Gasteiger partial charge in [-0.1, -0.05) is 32.0 Å². The van der Waals surface area contributed by atoms with Crippen LogP contribution in [0.5, 0.6) is 0 Å². The van der Waals surface area contributed by atoms with Crippen molar-refractivity contribution in [3.05, 3.63) is 42.1 Å². The zero-order chi connectivity index (χ0) is 21.6. The predicted octanol–water partition coefficient (Wildman–Crippen LogP) is 2.94. The number of hydrogen-bond donors (Lipinski definition) is 1. The van der Waals surface area contributed by atoms with Crippen LogP contribution in [0.15, 0.2) is 36.5 Å². The number of nitrogens with zero attached hydrogens (tertiary/aromatic N) is 3. The lowest BCUT2D eigenvalue weighted by molar-refractivity contribution is -0.133. The van der Waals surface area contributed by atoms with Crippen molar-refractivity contribution in [3.63, 3.8) is 0 Å². The summed E-state index contributed by atoms with van der Waals surface area (Å²) >= 11 is 0. The van der Waals surface area contributed by atoms with E-state index in [1.807, 2.05) is 35.2 Å². The Labute approximate surface area is 184 Å². The summed E-state index contributed by atoms with van der Waals surface area (Å²) in [6.07, 6.45) is 4.44. The number of pyridine rings is 1. The van der Waals surface area contributed by atoms with Crippen LogP contribution in [0.4, 0.5) is 0 Å². The van der Waals surface area contributed by atoms with Gasteiger partial charge >= 0.3 is 0 Å². The van der Waals surface area contributed by atoms with E-state index in [1.165, 1.54) is 0 Å². The maximum absolute atomic E-state index is 13.4. The van der Waals surface area contributed by atoms with E-state index in [4.69, 9.17) is 0 Å². The molecule has 2 amide bonds. The van der Waals surface area contributed by atoms with Gasteiger partial charge in [0.05, 0.1) is 16.5 Å². The molecule has 3 aliphatic rings. The molecule has 1 N–H and O–H groups in total. The minimum Gasteiger partial charge on any atom is -0.356 e. The second kappa shape index (κ2) is 7.59. The second-order valence-corrected chi connectivity index (χ2v) is 10.1. The van der Waals surface area contributed by atoms with Crippen molar-refractivity contribution >= 4 is 22.7 Å². The molecule has 5 rings (SSSR count). The van der Waals surface area contributed by atoms with E-state index in [0.29, 0.717) is 24.6 Å². The Morgan fingerprint density at radius 2 is 1.90 bits per heavy atom. The second-order valence-electron chi connectivity index (χ2n) is 10.1. The summed E-state index contributed by atoms with van der Waals surface area (Å²) in [6.45, 7) is 9.52. The number of piperidine rings is 1. The van der Waals surface area contributed by atoms with Crippen LogP contribution in [0.1, 0.15) is 43.5 Å². The lowest BCUT2D eigenvalue weighted by Gasteiger charge is -2.46. The molecule has 164 valence electrons. The van der Waals surface area contributed by atoms with Crippen molar-refractivity contribution in [2.24, 2.45) is 16.7 Å². The molecule has 3 aliphatic heterocycles. The lowest BCUT2D eigenvalue weighted by Crippen LogP contribution is -2.53. The number of hydrogen-bond acceptors (Lipinski definition) is 4. The lowest BCUT2D eigenvalue weighted by atomic mass is 9.60. The summed E-state index contributed by atoms with van der Waals surface area (Å²) in [7, 11) is 0. The number of fused-ring (bicyclic) bond motifs is 2. The largest absolute Gasteiger partial charge is 0.356 e. The third-order valence-electron chi connectivity index (χ3n) is 7.80. The third-order valence-corrected chi connectivity index (χ3v) is 7.80. The molecular weight excluding hydrogens is 388 g/mol. The Morgan fingerprint density at radius 1 is 1.13 bits per heavy atom. The molecule has 3 fully saturated rings. The Balaban J connectivity index is 1.38. The van der Waals surface area contributed by atoms with E-state index in [2.05, 4.69) is 29.0 Å². The van der Waals surface area contributed by atoms with Crippen LogP contribution >= 0.6 is 0 Å². The normalized spacial score (nSPS) is 25.8. The number of para-hydroxylation sites is 1. The molecule has 1 aromatic heterocycles. The zero-order valence-corrected chi connectivity index (χ0v) is 18.6. The van der Waals surface area contributed by atoms with E-state index in [1.54, 1.807) is 6.20 Å². The number of rotatable bonds is 3. The highest BCUT2D eigenvalue weighted by Crippen LogP contribution is 2.56. The molecule has 6 heteroatoms. The summed E-state index contributed by atoms with van der Waals surface area (Å²) in [5, 5.41) is 4.11. The van der Waals surface area contributed by atoms with Crippen molar-refractivity contribution in [2.75, 3.05) is 39.3 Å². The minimum absolute atomic E-state index is 0.0315. The fourth-order valence-electron chi connectivity index (χ4n) is 6.38. The SMILES string of the molecule is CC(C)CN1CC2(CCN(C(=O)c3cccc4cccnc34)CC2)C2(CCNC2=O)C1. The smallest absolute Gasteiger partial charge is 0.256 e. The number of carbonyl (C=O) groups excluding carboxylic acids is 2. The van der Waals surface area contributed by atoms with Gasteiger partial charge in [-0.3, -0.25) is 14.6 Å². The van der Waals surface area contributed by atoms with E-state index in [9.17, 15) is 9.59 Å². The van der Waals surface area contributed by atoms with Crippen LogP contribution in [0.3, 0.4) is 0 Å². The molecule has 4 heterocycles.